The van der Waals surface area contributed by atoms with Crippen LogP contribution >= 0.6 is 0 Å². The number of aromatic nitrogens is 1. The van der Waals surface area contributed by atoms with Gasteiger partial charge in [0.1, 0.15) is 0 Å². The summed E-state index contributed by atoms with van der Waals surface area (Å²) < 4.78 is 39.7. The number of pyridine rings is 1. The van der Waals surface area contributed by atoms with Gasteiger partial charge in [0.2, 0.25) is 16.8 Å². The molecule has 0 spiro atoms. The number of ether oxygens (including phenoxy) is 2. The molecule has 9 heteroatoms. The predicted molar refractivity (Wildman–Crippen MR) is 139 cm³/mol. The number of rotatable bonds is 7. The number of hydrogen-bond donors (Lipinski definition) is 1. The van der Waals surface area contributed by atoms with Crippen LogP contribution in [0, 0.1) is 13.8 Å². The summed E-state index contributed by atoms with van der Waals surface area (Å²) >= 11 is 0. The zero-order valence-corrected chi connectivity index (χ0v) is 21.5. The van der Waals surface area contributed by atoms with Crippen molar-refractivity contribution in [2.75, 3.05) is 6.79 Å². The Morgan fingerprint density at radius 3 is 2.35 bits per heavy atom. The second-order valence-corrected chi connectivity index (χ2v) is 11.1. The molecule has 8 nitrogen and oxygen atoms in total. The zero-order chi connectivity index (χ0) is 26.3. The molecule has 1 aliphatic heterocycles. The van der Waals surface area contributed by atoms with E-state index in [4.69, 9.17) is 9.47 Å². The molecule has 37 heavy (non-hydrogen) atoms. The van der Waals surface area contributed by atoms with Crippen molar-refractivity contribution in [1.29, 1.82) is 0 Å². The maximum absolute atomic E-state index is 13.8. The number of hydrogen-bond acceptors (Lipinski definition) is 6. The van der Waals surface area contributed by atoms with E-state index >= 15 is 0 Å². The molecule has 0 atom stereocenters. The number of aromatic amines is 1. The molecule has 0 saturated heterocycles. The molecular formula is C28H26N2O6S. The lowest BCUT2D eigenvalue weighted by atomic mass is 10.0. The number of nitrogens with zero attached hydrogens (tertiary/aromatic N) is 1. The SMILES string of the molecule is CC(=O)c1ccc(S(=O)(=O)N(Cc2ccc3c(c2)OCO3)Cc2cc3c(C)ccc(C)c3[nH]c2=O)cc1. The Morgan fingerprint density at radius 1 is 0.919 bits per heavy atom. The van der Waals surface area contributed by atoms with Gasteiger partial charge in [-0.15, -0.1) is 0 Å². The number of Topliss-reactive ketones (excluding diaryl/α,β-unsaturated/α-hetero) is 1. The highest BCUT2D eigenvalue weighted by Gasteiger charge is 2.27. The fourth-order valence-corrected chi connectivity index (χ4v) is 5.81. The van der Waals surface area contributed by atoms with E-state index in [-0.39, 0.29) is 36.1 Å². The number of ketones is 1. The van der Waals surface area contributed by atoms with Crippen LogP contribution in [-0.4, -0.2) is 30.3 Å². The minimum absolute atomic E-state index is 0.00227. The van der Waals surface area contributed by atoms with Crippen LogP contribution < -0.4 is 15.0 Å². The minimum atomic E-state index is -4.05. The lowest BCUT2D eigenvalue weighted by Gasteiger charge is -2.23. The Hall–Kier alpha value is -3.95. The molecule has 0 unspecified atom stereocenters. The number of nitrogens with one attached hydrogen (secondary N) is 1. The molecule has 0 radical (unpaired) electrons. The average Bonchev–Trinajstić information content (AvgIpc) is 3.34. The fourth-order valence-electron chi connectivity index (χ4n) is 4.41. The normalized spacial score (nSPS) is 12.9. The van der Waals surface area contributed by atoms with E-state index in [2.05, 4.69) is 4.98 Å². The van der Waals surface area contributed by atoms with Gasteiger partial charge in [0.25, 0.3) is 5.56 Å². The largest absolute Gasteiger partial charge is 0.454 e. The van der Waals surface area contributed by atoms with Gasteiger partial charge in [-0.25, -0.2) is 8.42 Å². The Balaban J connectivity index is 1.58. The van der Waals surface area contributed by atoms with Crippen molar-refractivity contribution in [1.82, 2.24) is 9.29 Å². The number of carbonyl (C=O) groups is 1. The van der Waals surface area contributed by atoms with E-state index in [1.807, 2.05) is 26.0 Å². The van der Waals surface area contributed by atoms with Gasteiger partial charge in [-0.2, -0.15) is 4.31 Å². The van der Waals surface area contributed by atoms with Crippen LogP contribution in [0.25, 0.3) is 10.9 Å². The van der Waals surface area contributed by atoms with Crippen LogP contribution in [0.5, 0.6) is 11.5 Å². The molecule has 0 saturated carbocycles. The van der Waals surface area contributed by atoms with E-state index in [1.54, 1.807) is 24.3 Å². The number of H-pyrrole nitrogens is 1. The molecule has 1 aliphatic rings. The van der Waals surface area contributed by atoms with Gasteiger partial charge in [0.05, 0.1) is 10.4 Å². The highest BCUT2D eigenvalue weighted by molar-refractivity contribution is 7.89. The van der Waals surface area contributed by atoms with E-state index in [9.17, 15) is 18.0 Å². The van der Waals surface area contributed by atoms with Crippen molar-refractivity contribution in [2.24, 2.45) is 0 Å². The molecule has 1 N–H and O–H groups in total. The van der Waals surface area contributed by atoms with Crippen molar-refractivity contribution < 1.29 is 22.7 Å². The highest BCUT2D eigenvalue weighted by Crippen LogP contribution is 2.33. The molecule has 0 amide bonds. The summed E-state index contributed by atoms with van der Waals surface area (Å²) in [7, 11) is -4.05. The molecule has 0 aliphatic carbocycles. The van der Waals surface area contributed by atoms with Gasteiger partial charge < -0.3 is 14.5 Å². The summed E-state index contributed by atoms with van der Waals surface area (Å²) in [6.07, 6.45) is 0. The van der Waals surface area contributed by atoms with Crippen LogP contribution in [0.4, 0.5) is 0 Å². The molecular weight excluding hydrogens is 492 g/mol. The average molecular weight is 519 g/mol. The van der Waals surface area contributed by atoms with Crippen LogP contribution in [0.1, 0.15) is 39.5 Å². The monoisotopic (exact) mass is 518 g/mol. The first-order chi connectivity index (χ1) is 17.6. The standard InChI is InChI=1S/C28H26N2O6S/c1-17-4-5-18(2)27-24(17)13-22(28(32)29-27)15-30(14-20-6-11-25-26(12-20)36-16-35-25)37(33,34)23-9-7-21(8-10-23)19(3)31/h4-13H,14-16H2,1-3H3,(H,29,32). The van der Waals surface area contributed by atoms with Crippen LogP contribution in [0.3, 0.4) is 0 Å². The van der Waals surface area contributed by atoms with E-state index in [1.165, 1.54) is 35.5 Å². The van der Waals surface area contributed by atoms with Crippen molar-refractivity contribution in [3.05, 3.63) is 98.8 Å². The quantitative estimate of drug-likeness (QED) is 0.362. The fraction of sp³-hybridized carbons (Fsp3) is 0.214. The summed E-state index contributed by atoms with van der Waals surface area (Å²) in [5.41, 5.74) is 3.71. The Morgan fingerprint density at radius 2 is 1.62 bits per heavy atom. The lowest BCUT2D eigenvalue weighted by molar-refractivity contribution is 0.101. The van der Waals surface area contributed by atoms with Crippen LogP contribution in [0.2, 0.25) is 0 Å². The Kier molecular flexibility index (Phi) is 6.35. The van der Waals surface area contributed by atoms with Crippen molar-refractivity contribution in [3.8, 4) is 11.5 Å². The van der Waals surface area contributed by atoms with Crippen molar-refractivity contribution in [2.45, 2.75) is 38.8 Å². The molecule has 3 aromatic carbocycles. The summed E-state index contributed by atoms with van der Waals surface area (Å²) in [5, 5.41) is 0.862. The second-order valence-electron chi connectivity index (χ2n) is 9.15. The third kappa shape index (κ3) is 4.75. The van der Waals surface area contributed by atoms with Gasteiger partial charge in [-0.1, -0.05) is 30.3 Å². The first-order valence-electron chi connectivity index (χ1n) is 11.8. The van der Waals surface area contributed by atoms with Gasteiger partial charge in [0.15, 0.2) is 17.3 Å². The predicted octanol–water partition coefficient (Wildman–Crippen LogP) is 4.47. The zero-order valence-electron chi connectivity index (χ0n) is 20.7. The smallest absolute Gasteiger partial charge is 0.252 e. The Bertz CT molecular complexity index is 1690. The third-order valence-electron chi connectivity index (χ3n) is 6.56. The van der Waals surface area contributed by atoms with Gasteiger partial charge in [-0.05, 0) is 67.8 Å². The molecule has 190 valence electrons. The molecule has 4 aromatic rings. The Labute approximate surface area is 214 Å². The first-order valence-corrected chi connectivity index (χ1v) is 13.2. The van der Waals surface area contributed by atoms with Crippen molar-refractivity contribution >= 4 is 26.7 Å². The van der Waals surface area contributed by atoms with E-state index < -0.39 is 10.0 Å². The van der Waals surface area contributed by atoms with E-state index in [0.29, 0.717) is 28.2 Å². The van der Waals surface area contributed by atoms with Crippen LogP contribution in [0.15, 0.2) is 70.4 Å². The summed E-state index contributed by atoms with van der Waals surface area (Å²) in [6.45, 7) is 5.24. The maximum Gasteiger partial charge on any atom is 0.252 e. The van der Waals surface area contributed by atoms with Gasteiger partial charge >= 0.3 is 0 Å². The number of benzene rings is 3. The molecule has 0 fully saturated rings. The molecule has 2 heterocycles. The highest BCUT2D eigenvalue weighted by atomic mass is 32.2. The van der Waals surface area contributed by atoms with Crippen LogP contribution in [-0.2, 0) is 23.1 Å². The topological polar surface area (TPSA) is 106 Å². The summed E-state index contributed by atoms with van der Waals surface area (Å²) in [6, 6.07) is 16.7. The second kappa shape index (κ2) is 9.49. The molecule has 5 rings (SSSR count). The lowest BCUT2D eigenvalue weighted by Crippen LogP contribution is -2.32. The van der Waals surface area contributed by atoms with Gasteiger partial charge in [0, 0.05) is 29.6 Å². The van der Waals surface area contributed by atoms with E-state index in [0.717, 1.165) is 22.0 Å². The van der Waals surface area contributed by atoms with Crippen molar-refractivity contribution in [3.63, 3.8) is 0 Å². The number of sulfonamides is 1. The maximum atomic E-state index is 13.8. The van der Waals surface area contributed by atoms with Gasteiger partial charge in [-0.3, -0.25) is 9.59 Å². The summed E-state index contributed by atoms with van der Waals surface area (Å²) in [4.78, 5) is 27.7. The number of aryl methyl sites for hydroxylation is 2. The summed E-state index contributed by atoms with van der Waals surface area (Å²) in [5.74, 6) is 0.972. The molecule has 0 bridgehead atoms. The molecule has 1 aromatic heterocycles. The minimum Gasteiger partial charge on any atom is -0.454 e. The number of carbonyl (C=O) groups excluding carboxylic acids is 1. The first kappa shape index (κ1) is 24.7. The third-order valence-corrected chi connectivity index (χ3v) is 8.37. The number of fused-ring (bicyclic) bond motifs is 2.